The summed E-state index contributed by atoms with van der Waals surface area (Å²) in [7, 11) is 0. The number of H-pyrrole nitrogens is 1. The second-order valence-corrected chi connectivity index (χ2v) is 3.31. The predicted octanol–water partition coefficient (Wildman–Crippen LogP) is 1.40. The predicted molar refractivity (Wildman–Crippen MR) is 47.9 cm³/mol. The molecule has 0 aliphatic heterocycles. The van der Waals surface area contributed by atoms with Crippen LogP contribution < -0.4 is 5.32 Å². The second-order valence-electron chi connectivity index (χ2n) is 3.31. The summed E-state index contributed by atoms with van der Waals surface area (Å²) < 4.78 is 0. The molecule has 0 spiro atoms. The number of aryl methyl sites for hydroxylation is 1. The highest BCUT2D eigenvalue weighted by Crippen LogP contribution is 2.27. The summed E-state index contributed by atoms with van der Waals surface area (Å²) >= 11 is 0. The topological polar surface area (TPSA) is 40.7 Å². The number of hydrogen-bond acceptors (Lipinski definition) is 2. The Morgan fingerprint density at radius 3 is 3.50 bits per heavy atom. The van der Waals surface area contributed by atoms with E-state index in [1.807, 2.05) is 6.20 Å². The summed E-state index contributed by atoms with van der Waals surface area (Å²) in [5, 5.41) is 10.6. The van der Waals surface area contributed by atoms with E-state index in [0.717, 1.165) is 13.0 Å². The monoisotopic (exact) mass is 165 g/mol. The molecule has 1 heterocycles. The van der Waals surface area contributed by atoms with Gasteiger partial charge >= 0.3 is 0 Å². The van der Waals surface area contributed by atoms with Crippen molar-refractivity contribution in [3.63, 3.8) is 0 Å². The lowest BCUT2D eigenvalue weighted by molar-refractivity contribution is 0.470. The summed E-state index contributed by atoms with van der Waals surface area (Å²) in [5.41, 5.74) is 2.70. The van der Waals surface area contributed by atoms with Crippen molar-refractivity contribution in [2.24, 2.45) is 0 Å². The summed E-state index contributed by atoms with van der Waals surface area (Å²) in [6.07, 6.45) is 5.65. The van der Waals surface area contributed by atoms with Crippen molar-refractivity contribution in [2.75, 3.05) is 6.54 Å². The highest BCUT2D eigenvalue weighted by molar-refractivity contribution is 5.23. The first-order valence-electron chi connectivity index (χ1n) is 4.67. The average molecular weight is 165 g/mol. The Hall–Kier alpha value is -0.830. The molecule has 1 atom stereocenters. The number of hydrogen-bond donors (Lipinski definition) is 2. The van der Waals surface area contributed by atoms with Crippen molar-refractivity contribution >= 4 is 0 Å². The number of rotatable bonds is 2. The van der Waals surface area contributed by atoms with E-state index < -0.39 is 0 Å². The maximum absolute atomic E-state index is 4.07. The van der Waals surface area contributed by atoms with Crippen LogP contribution in [0.3, 0.4) is 0 Å². The Balaban J connectivity index is 2.19. The third-order valence-corrected chi connectivity index (χ3v) is 2.50. The van der Waals surface area contributed by atoms with Crippen molar-refractivity contribution in [3.05, 3.63) is 17.5 Å². The molecule has 0 saturated carbocycles. The normalized spacial score (nSPS) is 22.2. The zero-order valence-corrected chi connectivity index (χ0v) is 7.43. The molecule has 12 heavy (non-hydrogen) atoms. The Labute approximate surface area is 72.6 Å². The summed E-state index contributed by atoms with van der Waals surface area (Å²) in [5.74, 6) is 0. The first kappa shape index (κ1) is 7.80. The van der Waals surface area contributed by atoms with Crippen molar-refractivity contribution in [3.8, 4) is 0 Å². The first-order chi connectivity index (χ1) is 5.92. The molecular formula is C9H15N3. The smallest absolute Gasteiger partial charge is 0.0538 e. The minimum absolute atomic E-state index is 0.539. The molecule has 0 amide bonds. The van der Waals surface area contributed by atoms with Crippen LogP contribution in [0.5, 0.6) is 0 Å². The average Bonchev–Trinajstić information content (AvgIpc) is 2.53. The minimum atomic E-state index is 0.539. The molecule has 3 heteroatoms. The van der Waals surface area contributed by atoms with Crippen LogP contribution in [0.2, 0.25) is 0 Å². The molecule has 0 unspecified atom stereocenters. The molecule has 1 aliphatic carbocycles. The van der Waals surface area contributed by atoms with E-state index in [0.29, 0.717) is 6.04 Å². The van der Waals surface area contributed by atoms with Crippen LogP contribution in [0.25, 0.3) is 0 Å². The van der Waals surface area contributed by atoms with Gasteiger partial charge in [0.1, 0.15) is 0 Å². The number of nitrogens with one attached hydrogen (secondary N) is 2. The van der Waals surface area contributed by atoms with Gasteiger partial charge in [0.25, 0.3) is 0 Å². The molecule has 0 fully saturated rings. The van der Waals surface area contributed by atoms with Gasteiger partial charge in [-0.3, -0.25) is 5.10 Å². The van der Waals surface area contributed by atoms with E-state index in [9.17, 15) is 0 Å². The Kier molecular flexibility index (Phi) is 2.13. The van der Waals surface area contributed by atoms with Gasteiger partial charge in [0, 0.05) is 17.3 Å². The highest BCUT2D eigenvalue weighted by atomic mass is 15.1. The molecule has 0 saturated heterocycles. The van der Waals surface area contributed by atoms with Crippen LogP contribution in [0, 0.1) is 0 Å². The molecule has 2 N–H and O–H groups in total. The van der Waals surface area contributed by atoms with E-state index >= 15 is 0 Å². The summed E-state index contributed by atoms with van der Waals surface area (Å²) in [6.45, 7) is 3.18. The van der Waals surface area contributed by atoms with Crippen LogP contribution >= 0.6 is 0 Å². The number of nitrogens with zero attached hydrogens (tertiary/aromatic N) is 1. The lowest BCUT2D eigenvalue weighted by Gasteiger charge is -2.22. The lowest BCUT2D eigenvalue weighted by atomic mass is 9.93. The zero-order valence-electron chi connectivity index (χ0n) is 7.43. The Morgan fingerprint density at radius 1 is 1.75 bits per heavy atom. The third-order valence-electron chi connectivity index (χ3n) is 2.50. The van der Waals surface area contributed by atoms with E-state index in [2.05, 4.69) is 22.4 Å². The molecule has 66 valence electrons. The van der Waals surface area contributed by atoms with E-state index in [1.54, 1.807) is 0 Å². The highest BCUT2D eigenvalue weighted by Gasteiger charge is 2.20. The Morgan fingerprint density at radius 2 is 2.67 bits per heavy atom. The van der Waals surface area contributed by atoms with Crippen molar-refractivity contribution in [1.29, 1.82) is 0 Å². The Bertz CT molecular complexity index is 254. The zero-order chi connectivity index (χ0) is 8.39. The molecule has 1 aromatic heterocycles. The lowest BCUT2D eigenvalue weighted by Crippen LogP contribution is -2.24. The fourth-order valence-electron chi connectivity index (χ4n) is 1.92. The second kappa shape index (κ2) is 3.27. The fourth-order valence-corrected chi connectivity index (χ4v) is 1.92. The number of fused-ring (bicyclic) bond motifs is 1. The minimum Gasteiger partial charge on any atom is -0.310 e. The van der Waals surface area contributed by atoms with Gasteiger partial charge in [-0.25, -0.2) is 0 Å². The fraction of sp³-hybridized carbons (Fsp3) is 0.667. The molecule has 3 nitrogen and oxygen atoms in total. The van der Waals surface area contributed by atoms with Gasteiger partial charge in [-0.2, -0.15) is 5.10 Å². The van der Waals surface area contributed by atoms with Crippen molar-refractivity contribution < 1.29 is 0 Å². The van der Waals surface area contributed by atoms with Gasteiger partial charge in [0.2, 0.25) is 0 Å². The van der Waals surface area contributed by atoms with Crippen molar-refractivity contribution in [1.82, 2.24) is 15.5 Å². The maximum atomic E-state index is 4.07. The number of aromatic amines is 1. The van der Waals surface area contributed by atoms with Crippen molar-refractivity contribution in [2.45, 2.75) is 32.2 Å². The quantitative estimate of drug-likeness (QED) is 0.695. The van der Waals surface area contributed by atoms with Gasteiger partial charge in [-0.15, -0.1) is 0 Å². The van der Waals surface area contributed by atoms with E-state index in [-0.39, 0.29) is 0 Å². The standard InChI is InChI=1S/C9H15N3/c1-2-10-8-4-3-5-9-7(8)6-11-12-9/h6,8,10H,2-5H2,1H3,(H,11,12)/t8-/m1/s1. The van der Waals surface area contributed by atoms with Crippen LogP contribution in [0.4, 0.5) is 0 Å². The van der Waals surface area contributed by atoms with Crippen LogP contribution in [-0.2, 0) is 6.42 Å². The SMILES string of the molecule is CCN[C@@H]1CCCc2[nH]ncc21. The number of aromatic nitrogens is 2. The molecule has 1 aromatic rings. The van der Waals surface area contributed by atoms with Crippen LogP contribution in [-0.4, -0.2) is 16.7 Å². The third kappa shape index (κ3) is 1.25. The van der Waals surface area contributed by atoms with Gasteiger partial charge in [0.05, 0.1) is 6.20 Å². The maximum Gasteiger partial charge on any atom is 0.0538 e. The van der Waals surface area contributed by atoms with E-state index in [4.69, 9.17) is 0 Å². The molecule has 0 bridgehead atoms. The molecule has 0 radical (unpaired) electrons. The van der Waals surface area contributed by atoms with Gasteiger partial charge < -0.3 is 5.32 Å². The molecular weight excluding hydrogens is 150 g/mol. The largest absolute Gasteiger partial charge is 0.310 e. The van der Waals surface area contributed by atoms with Gasteiger partial charge in [0.15, 0.2) is 0 Å². The molecule has 1 aliphatic rings. The van der Waals surface area contributed by atoms with E-state index in [1.165, 1.54) is 24.1 Å². The molecule has 2 rings (SSSR count). The summed E-state index contributed by atoms with van der Waals surface area (Å²) in [4.78, 5) is 0. The van der Waals surface area contributed by atoms with Crippen LogP contribution in [0.1, 0.15) is 37.1 Å². The first-order valence-corrected chi connectivity index (χ1v) is 4.67. The van der Waals surface area contributed by atoms with Crippen LogP contribution in [0.15, 0.2) is 6.20 Å². The summed E-state index contributed by atoms with van der Waals surface area (Å²) in [6, 6.07) is 0.539. The molecule has 0 aromatic carbocycles. The van der Waals surface area contributed by atoms with Gasteiger partial charge in [-0.05, 0) is 25.8 Å². The van der Waals surface area contributed by atoms with Gasteiger partial charge in [-0.1, -0.05) is 6.92 Å².